The smallest absolute Gasteiger partial charge is 1.00 e. The summed E-state index contributed by atoms with van der Waals surface area (Å²) in [6, 6.07) is 7.46. The molecule has 6 nitrogen and oxygen atoms in total. The van der Waals surface area contributed by atoms with Crippen LogP contribution in [-0.4, -0.2) is 92.6 Å². The van der Waals surface area contributed by atoms with Crippen molar-refractivity contribution >= 4 is 57.8 Å². The number of hydrogen-bond acceptors (Lipinski definition) is 6. The zero-order valence-corrected chi connectivity index (χ0v) is 43.4. The van der Waals surface area contributed by atoms with E-state index in [1.807, 2.05) is 0 Å². The number of allylic oxidation sites excluding steroid dienone is 4. The zero-order chi connectivity index (χ0) is 40.6. The van der Waals surface area contributed by atoms with Gasteiger partial charge in [0.05, 0.1) is 0 Å². The molecule has 11 heteroatoms. The summed E-state index contributed by atoms with van der Waals surface area (Å²) in [5.41, 5.74) is 20.3. The summed E-state index contributed by atoms with van der Waals surface area (Å²) in [4.78, 5) is 14.1. The second kappa shape index (κ2) is 18.3. The largest absolute Gasteiger partial charge is 1.00 e. The standard InChI is InChI=1S/C45H69N6Si.3ClH.Ti/c1-26-27(2)32(7)42(31(26)6)52(43-33(8)28(3)36(46(11)12)23-39(43)49(17)18,44-34(9)29(4)37(47(13)14)24-40(44)50(19)20)45-35(10)30(5)38(48(15)16)25-41(45)51(21)22;;;;/h23-25H,1-22H3;3*1H;/q;;;;+3/p-3. The molecule has 1 unspecified atom stereocenters. The fourth-order valence-corrected chi connectivity index (χ4v) is 18.3. The Morgan fingerprint density at radius 2 is 0.625 bits per heavy atom. The topological polar surface area (TPSA) is 19.4 Å². The van der Waals surface area contributed by atoms with Crippen LogP contribution in [-0.2, 0) is 20.4 Å². The first-order valence-corrected chi connectivity index (χ1v) is 21.7. The van der Waals surface area contributed by atoms with Crippen LogP contribution < -0.4 is 82.2 Å². The van der Waals surface area contributed by atoms with Crippen molar-refractivity contribution in [1.29, 1.82) is 0 Å². The van der Waals surface area contributed by atoms with Crippen LogP contribution in [0.15, 0.2) is 40.1 Å². The summed E-state index contributed by atoms with van der Waals surface area (Å²) in [6.45, 7) is 24.0. The summed E-state index contributed by atoms with van der Waals surface area (Å²) in [5.74, 6) is 0. The molecule has 0 spiro atoms. The van der Waals surface area contributed by atoms with E-state index in [-0.39, 0.29) is 40.9 Å². The Hall–Kier alpha value is -2.26. The van der Waals surface area contributed by atoms with Crippen molar-refractivity contribution in [2.75, 3.05) is 114 Å². The first kappa shape index (κ1) is 51.8. The number of anilines is 6. The minimum atomic E-state index is -3.34. The molecular formula is C45H69Cl3N6SiTi. The molecule has 0 radical (unpaired) electrons. The summed E-state index contributed by atoms with van der Waals surface area (Å²) >= 11 is 2.52. The van der Waals surface area contributed by atoms with Crippen molar-refractivity contribution < 1.29 is 57.7 Å². The Kier molecular flexibility index (Phi) is 17.0. The fraction of sp³-hybridized carbons (Fsp3) is 0.511. The van der Waals surface area contributed by atoms with E-state index in [0.717, 1.165) is 0 Å². The van der Waals surface area contributed by atoms with Crippen LogP contribution in [0.25, 0.3) is 0 Å². The molecule has 1 aliphatic rings. The van der Waals surface area contributed by atoms with Crippen molar-refractivity contribution in [1.82, 2.24) is 0 Å². The maximum absolute atomic E-state index is 3.34. The van der Waals surface area contributed by atoms with Gasteiger partial charge in [-0.1, -0.05) is 0 Å². The number of rotatable bonds is 10. The molecular weight excluding hydrogens is 807 g/mol. The molecule has 0 saturated heterocycles. The third kappa shape index (κ3) is 7.91. The van der Waals surface area contributed by atoms with Crippen LogP contribution in [0.4, 0.5) is 34.1 Å². The van der Waals surface area contributed by atoms with Crippen LogP contribution in [0.5, 0.6) is 0 Å². The Balaban J connectivity index is 0.00000523. The molecule has 0 fully saturated rings. The molecule has 0 N–H and O–H groups in total. The molecule has 56 heavy (non-hydrogen) atoms. The van der Waals surface area contributed by atoms with Crippen molar-refractivity contribution in [3.05, 3.63) is 73.5 Å². The van der Waals surface area contributed by atoms with Crippen LogP contribution in [0.2, 0.25) is 3.72 Å². The molecule has 0 heterocycles. The second-order valence-electron chi connectivity index (χ2n) is 17.1. The molecule has 0 aliphatic heterocycles. The molecule has 3 aromatic rings. The van der Waals surface area contributed by atoms with Gasteiger partial charge in [0.2, 0.25) is 0 Å². The number of nitrogens with zero attached hydrogens (tertiary/aromatic N) is 6. The summed E-state index contributed by atoms with van der Waals surface area (Å²) in [7, 11) is 23.3. The first-order valence-electron chi connectivity index (χ1n) is 18.9. The van der Waals surface area contributed by atoms with Crippen molar-refractivity contribution in [2.24, 2.45) is 0 Å². The number of halogens is 3. The van der Waals surface area contributed by atoms with Crippen molar-refractivity contribution in [3.63, 3.8) is 0 Å². The van der Waals surface area contributed by atoms with Crippen LogP contribution in [0.3, 0.4) is 0 Å². The Labute approximate surface area is 373 Å². The summed E-state index contributed by atoms with van der Waals surface area (Å²) < 4.78 is -0.196. The maximum atomic E-state index is 2.52. The minimum absolute atomic E-state index is 0. The molecule has 0 aromatic heterocycles. The van der Waals surface area contributed by atoms with Gasteiger partial charge in [0, 0.05) is 0 Å². The predicted molar refractivity (Wildman–Crippen MR) is 238 cm³/mol. The molecule has 1 atom stereocenters. The van der Waals surface area contributed by atoms with Gasteiger partial charge in [-0.15, -0.1) is 0 Å². The molecule has 0 saturated carbocycles. The molecule has 4 rings (SSSR count). The maximum Gasteiger partial charge on any atom is -1.00 e. The van der Waals surface area contributed by atoms with E-state index < -0.39 is 8.07 Å². The SMILES string of the molecule is CC1=C(C)[C](C)([Ti+3])C([Si](c2c(N(C)C)cc(N(C)C)c(C)c2C)(c2c(N(C)C)cc(N(C)C)c(C)c2C)c2c(N(C)C)cc(N(C)C)c(C)c2C)=C1C.[Cl-].[Cl-].[Cl-]. The molecule has 3 aromatic carbocycles. The van der Waals surface area contributed by atoms with Crippen LogP contribution in [0, 0.1) is 41.5 Å². The van der Waals surface area contributed by atoms with Gasteiger partial charge in [0.1, 0.15) is 0 Å². The van der Waals surface area contributed by atoms with Gasteiger partial charge in [-0.2, -0.15) is 0 Å². The second-order valence-corrected chi connectivity index (χ2v) is 22.2. The Bertz CT molecular complexity index is 1850. The van der Waals surface area contributed by atoms with Gasteiger partial charge in [-0.3, -0.25) is 0 Å². The van der Waals surface area contributed by atoms with Gasteiger partial charge in [0.15, 0.2) is 0 Å². The monoisotopic (exact) mass is 874 g/mol. The molecule has 0 bridgehead atoms. The number of benzene rings is 3. The quantitative estimate of drug-likeness (QED) is 0.179. The first-order chi connectivity index (χ1) is 24.3. The average molecular weight is 876 g/mol. The summed E-state index contributed by atoms with van der Waals surface area (Å²) in [5, 5.41) is 6.11. The zero-order valence-electron chi connectivity index (χ0n) is 38.5. The van der Waals surface area contributed by atoms with Gasteiger partial charge in [0.25, 0.3) is 0 Å². The van der Waals surface area contributed by atoms with E-state index in [1.54, 1.807) is 5.20 Å². The third-order valence-electron chi connectivity index (χ3n) is 12.7. The Morgan fingerprint density at radius 3 is 0.804 bits per heavy atom. The van der Waals surface area contributed by atoms with Gasteiger partial charge < -0.3 is 37.2 Å². The number of hydrogen-bond donors (Lipinski definition) is 0. The third-order valence-corrected chi connectivity index (χ3v) is 19.8. The van der Waals surface area contributed by atoms with Crippen LogP contribution >= 0.6 is 0 Å². The van der Waals surface area contributed by atoms with Gasteiger partial charge >= 0.3 is 339 Å². The Morgan fingerprint density at radius 1 is 0.393 bits per heavy atom. The van der Waals surface area contributed by atoms with E-state index in [1.165, 1.54) is 99.8 Å². The molecule has 0 amide bonds. The van der Waals surface area contributed by atoms with E-state index >= 15 is 0 Å². The molecule has 1 aliphatic carbocycles. The van der Waals surface area contributed by atoms with Crippen molar-refractivity contribution in [3.8, 4) is 0 Å². The average Bonchev–Trinajstić information content (AvgIpc) is 3.20. The minimum Gasteiger partial charge on any atom is -1.00 e. The van der Waals surface area contributed by atoms with Gasteiger partial charge in [-0.05, 0) is 0 Å². The predicted octanol–water partition coefficient (Wildman–Crippen LogP) is -1.65. The van der Waals surface area contributed by atoms with E-state index in [4.69, 9.17) is 0 Å². The van der Waals surface area contributed by atoms with E-state index in [0.29, 0.717) is 0 Å². The van der Waals surface area contributed by atoms with Crippen molar-refractivity contribution in [2.45, 2.75) is 73.0 Å². The molecule has 308 valence electrons. The summed E-state index contributed by atoms with van der Waals surface area (Å²) in [6.07, 6.45) is 0. The van der Waals surface area contributed by atoms with Gasteiger partial charge in [-0.25, -0.2) is 0 Å². The fourth-order valence-electron chi connectivity index (χ4n) is 9.33. The van der Waals surface area contributed by atoms with E-state index in [9.17, 15) is 0 Å². The normalized spacial score (nSPS) is 15.3. The van der Waals surface area contributed by atoms with E-state index in [2.05, 4.69) is 222 Å². The van der Waals surface area contributed by atoms with Crippen LogP contribution in [0.1, 0.15) is 61.1 Å².